The Morgan fingerprint density at radius 3 is 2.60 bits per heavy atom. The van der Waals surface area contributed by atoms with E-state index < -0.39 is 0 Å². The number of pyridine rings is 2. The summed E-state index contributed by atoms with van der Waals surface area (Å²) in [5, 5.41) is 0. The first-order chi connectivity index (χ1) is 12.2. The molecule has 0 radical (unpaired) electrons. The molecule has 4 rings (SSSR count). The highest BCUT2D eigenvalue weighted by molar-refractivity contribution is 5.72. The number of hydrogen-bond acceptors (Lipinski definition) is 4. The van der Waals surface area contributed by atoms with Crippen molar-refractivity contribution in [2.75, 3.05) is 0 Å². The Balaban J connectivity index is 1.70. The Kier molecular flexibility index (Phi) is 3.78. The molecule has 0 aliphatic carbocycles. The van der Waals surface area contributed by atoms with Crippen molar-refractivity contribution in [2.45, 2.75) is 6.54 Å². The third-order valence-corrected chi connectivity index (χ3v) is 3.99. The van der Waals surface area contributed by atoms with E-state index in [1.807, 2.05) is 18.2 Å². The molecule has 6 heteroatoms. The molecule has 0 unspecified atom stereocenters. The zero-order valence-corrected chi connectivity index (χ0v) is 13.1. The van der Waals surface area contributed by atoms with Crippen LogP contribution >= 0.6 is 0 Å². The van der Waals surface area contributed by atoms with Crippen molar-refractivity contribution in [3.8, 4) is 11.1 Å². The van der Waals surface area contributed by atoms with Gasteiger partial charge in [0.15, 0.2) is 5.52 Å². The number of halogens is 1. The minimum atomic E-state index is -0.373. The van der Waals surface area contributed by atoms with E-state index in [9.17, 15) is 9.18 Å². The van der Waals surface area contributed by atoms with Gasteiger partial charge in [-0.25, -0.2) is 14.4 Å². The monoisotopic (exact) mass is 332 g/mol. The second kappa shape index (κ2) is 6.24. The Labute approximate surface area is 142 Å². The summed E-state index contributed by atoms with van der Waals surface area (Å²) in [5.41, 5.74) is 2.57. The van der Waals surface area contributed by atoms with Gasteiger partial charge >= 0.3 is 0 Å². The van der Waals surface area contributed by atoms with E-state index in [4.69, 9.17) is 0 Å². The van der Waals surface area contributed by atoms with Gasteiger partial charge in [-0.05, 0) is 41.5 Å². The lowest BCUT2D eigenvalue weighted by Gasteiger charge is -2.09. The van der Waals surface area contributed by atoms with Gasteiger partial charge in [0.2, 0.25) is 0 Å². The van der Waals surface area contributed by atoms with Gasteiger partial charge in [0.1, 0.15) is 5.82 Å². The lowest BCUT2D eigenvalue weighted by molar-refractivity contribution is 0.595. The van der Waals surface area contributed by atoms with Gasteiger partial charge in [0.25, 0.3) is 5.56 Å². The van der Waals surface area contributed by atoms with E-state index in [1.54, 1.807) is 36.8 Å². The zero-order valence-electron chi connectivity index (χ0n) is 13.1. The molecule has 1 aromatic carbocycles. The Bertz CT molecular complexity index is 1110. The summed E-state index contributed by atoms with van der Waals surface area (Å²) >= 11 is 0. The molecular formula is C19H13FN4O. The number of rotatable bonds is 3. The summed E-state index contributed by atoms with van der Waals surface area (Å²) in [6.07, 6.45) is 6.28. The van der Waals surface area contributed by atoms with Crippen LogP contribution in [0.15, 0.2) is 72.2 Å². The van der Waals surface area contributed by atoms with Crippen molar-refractivity contribution in [1.82, 2.24) is 19.5 Å². The van der Waals surface area contributed by atoms with Crippen molar-refractivity contribution >= 4 is 11.0 Å². The predicted molar refractivity (Wildman–Crippen MR) is 92.5 cm³/mol. The van der Waals surface area contributed by atoms with Crippen LogP contribution < -0.4 is 5.56 Å². The molecule has 3 heterocycles. The van der Waals surface area contributed by atoms with E-state index in [0.29, 0.717) is 11.1 Å². The Morgan fingerprint density at radius 2 is 1.80 bits per heavy atom. The fraction of sp³-hybridized carbons (Fsp3) is 0.0526. The summed E-state index contributed by atoms with van der Waals surface area (Å²) in [4.78, 5) is 24.7. The van der Waals surface area contributed by atoms with Crippen LogP contribution in [0, 0.1) is 5.82 Å². The molecule has 0 amide bonds. The number of hydrogen-bond donors (Lipinski definition) is 0. The van der Waals surface area contributed by atoms with E-state index in [-0.39, 0.29) is 23.4 Å². The molecule has 5 nitrogen and oxygen atoms in total. The van der Waals surface area contributed by atoms with Crippen molar-refractivity contribution in [2.24, 2.45) is 0 Å². The molecule has 0 fully saturated rings. The Morgan fingerprint density at radius 1 is 0.960 bits per heavy atom. The van der Waals surface area contributed by atoms with Gasteiger partial charge in [-0.2, -0.15) is 0 Å². The second-order valence-corrected chi connectivity index (χ2v) is 5.59. The van der Waals surface area contributed by atoms with Crippen LogP contribution in [0.25, 0.3) is 22.2 Å². The van der Waals surface area contributed by atoms with E-state index in [2.05, 4.69) is 15.0 Å². The highest BCUT2D eigenvalue weighted by atomic mass is 19.1. The third-order valence-electron chi connectivity index (χ3n) is 3.99. The van der Waals surface area contributed by atoms with Crippen LogP contribution in [0.3, 0.4) is 0 Å². The fourth-order valence-electron chi connectivity index (χ4n) is 2.68. The SMILES string of the molecule is O=c1c2ncccc2ncn1Cc1ccc(-c2ccncc2)cc1F. The molecule has 0 spiro atoms. The van der Waals surface area contributed by atoms with Gasteiger partial charge in [0, 0.05) is 24.2 Å². The molecule has 0 saturated heterocycles. The number of aromatic nitrogens is 4. The second-order valence-electron chi connectivity index (χ2n) is 5.59. The summed E-state index contributed by atoms with van der Waals surface area (Å²) in [5.74, 6) is -0.373. The average Bonchev–Trinajstić information content (AvgIpc) is 2.66. The lowest BCUT2D eigenvalue weighted by Crippen LogP contribution is -2.22. The van der Waals surface area contributed by atoms with Crippen LogP contribution in [0.4, 0.5) is 4.39 Å². The van der Waals surface area contributed by atoms with Crippen LogP contribution in [0.5, 0.6) is 0 Å². The largest absolute Gasteiger partial charge is 0.293 e. The minimum absolute atomic E-state index is 0.0980. The van der Waals surface area contributed by atoms with Gasteiger partial charge in [-0.1, -0.05) is 12.1 Å². The van der Waals surface area contributed by atoms with Crippen molar-refractivity contribution < 1.29 is 4.39 Å². The van der Waals surface area contributed by atoms with Crippen LogP contribution in [-0.4, -0.2) is 19.5 Å². The van der Waals surface area contributed by atoms with Crippen molar-refractivity contribution in [1.29, 1.82) is 0 Å². The maximum Gasteiger partial charge on any atom is 0.280 e. The highest BCUT2D eigenvalue weighted by Crippen LogP contribution is 2.21. The first-order valence-electron chi connectivity index (χ1n) is 7.71. The average molecular weight is 332 g/mol. The smallest absolute Gasteiger partial charge is 0.280 e. The topological polar surface area (TPSA) is 60.7 Å². The van der Waals surface area contributed by atoms with Crippen LogP contribution in [0.2, 0.25) is 0 Å². The molecule has 0 aliphatic heterocycles. The quantitative estimate of drug-likeness (QED) is 0.578. The standard InChI is InChI=1S/C19H13FN4O/c20-16-10-14(13-5-8-21-9-6-13)3-4-15(16)11-24-12-23-17-2-1-7-22-18(17)19(24)25/h1-10,12H,11H2. The van der Waals surface area contributed by atoms with Gasteiger partial charge < -0.3 is 0 Å². The molecular weight excluding hydrogens is 319 g/mol. The highest BCUT2D eigenvalue weighted by Gasteiger charge is 2.09. The van der Waals surface area contributed by atoms with Crippen molar-refractivity contribution in [3.05, 3.63) is 89.1 Å². The number of benzene rings is 1. The lowest BCUT2D eigenvalue weighted by atomic mass is 10.0. The molecule has 25 heavy (non-hydrogen) atoms. The molecule has 3 aromatic heterocycles. The molecule has 0 bridgehead atoms. The van der Waals surface area contributed by atoms with Gasteiger partial charge in [-0.3, -0.25) is 14.3 Å². The summed E-state index contributed by atoms with van der Waals surface area (Å²) in [6.45, 7) is 0.0980. The van der Waals surface area contributed by atoms with Crippen molar-refractivity contribution in [3.63, 3.8) is 0 Å². The number of nitrogens with zero attached hydrogens (tertiary/aromatic N) is 4. The predicted octanol–water partition coefficient (Wildman–Crippen LogP) is 3.04. The summed E-state index contributed by atoms with van der Waals surface area (Å²) in [6, 6.07) is 12.0. The van der Waals surface area contributed by atoms with Crippen LogP contribution in [0.1, 0.15) is 5.56 Å². The normalized spacial score (nSPS) is 10.9. The molecule has 122 valence electrons. The molecule has 4 aromatic rings. The zero-order chi connectivity index (χ0) is 17.2. The molecule has 0 atom stereocenters. The molecule has 0 saturated carbocycles. The molecule has 0 N–H and O–H groups in total. The third kappa shape index (κ3) is 2.89. The van der Waals surface area contributed by atoms with E-state index in [0.717, 1.165) is 11.1 Å². The van der Waals surface area contributed by atoms with E-state index in [1.165, 1.54) is 17.0 Å². The maximum atomic E-state index is 14.5. The van der Waals surface area contributed by atoms with Crippen LogP contribution in [-0.2, 0) is 6.54 Å². The molecule has 0 aliphatic rings. The minimum Gasteiger partial charge on any atom is -0.293 e. The first-order valence-corrected chi connectivity index (χ1v) is 7.71. The maximum absolute atomic E-state index is 14.5. The van der Waals surface area contributed by atoms with Gasteiger partial charge in [0.05, 0.1) is 18.4 Å². The first kappa shape index (κ1) is 15.1. The number of fused-ring (bicyclic) bond motifs is 1. The summed E-state index contributed by atoms with van der Waals surface area (Å²) in [7, 11) is 0. The summed E-state index contributed by atoms with van der Waals surface area (Å²) < 4.78 is 15.9. The Hall–Kier alpha value is -3.41. The van der Waals surface area contributed by atoms with Gasteiger partial charge in [-0.15, -0.1) is 0 Å². The fourth-order valence-corrected chi connectivity index (χ4v) is 2.68. The van der Waals surface area contributed by atoms with E-state index >= 15 is 0 Å².